The van der Waals surface area contributed by atoms with Crippen LogP contribution in [-0.2, 0) is 6.42 Å². The molecule has 0 saturated carbocycles. The summed E-state index contributed by atoms with van der Waals surface area (Å²) >= 11 is 6.23. The van der Waals surface area contributed by atoms with E-state index in [1.54, 1.807) is 6.20 Å². The summed E-state index contributed by atoms with van der Waals surface area (Å²) < 4.78 is 0. The molecule has 1 aromatic heterocycles. The van der Waals surface area contributed by atoms with Crippen LogP contribution in [0.4, 0.5) is 0 Å². The minimum Gasteiger partial charge on any atom is -0.324 e. The summed E-state index contributed by atoms with van der Waals surface area (Å²) in [6.07, 6.45) is 2.51. The van der Waals surface area contributed by atoms with E-state index in [-0.39, 0.29) is 6.04 Å². The Morgan fingerprint density at radius 1 is 1.28 bits per heavy atom. The molecule has 1 aromatic carbocycles. The Hall–Kier alpha value is -1.38. The SMILES string of the molecule is Cc1ccc(CC(N)c2cccnc2C)c(Cl)c1. The Morgan fingerprint density at radius 2 is 2.06 bits per heavy atom. The van der Waals surface area contributed by atoms with E-state index in [1.165, 1.54) is 0 Å². The van der Waals surface area contributed by atoms with Gasteiger partial charge in [0.15, 0.2) is 0 Å². The maximum atomic E-state index is 6.24. The van der Waals surface area contributed by atoms with E-state index in [2.05, 4.69) is 11.1 Å². The maximum absolute atomic E-state index is 6.24. The summed E-state index contributed by atoms with van der Waals surface area (Å²) in [5, 5.41) is 0.784. The van der Waals surface area contributed by atoms with Gasteiger partial charge in [0.1, 0.15) is 0 Å². The average molecular weight is 261 g/mol. The van der Waals surface area contributed by atoms with Crippen molar-refractivity contribution in [2.24, 2.45) is 5.73 Å². The molecule has 1 atom stereocenters. The van der Waals surface area contributed by atoms with E-state index in [0.29, 0.717) is 0 Å². The van der Waals surface area contributed by atoms with Crippen molar-refractivity contribution < 1.29 is 0 Å². The predicted molar refractivity (Wildman–Crippen MR) is 75.8 cm³/mol. The molecule has 2 rings (SSSR count). The summed E-state index contributed by atoms with van der Waals surface area (Å²) in [4.78, 5) is 4.27. The Bertz CT molecular complexity index is 552. The molecule has 0 radical (unpaired) electrons. The van der Waals surface area contributed by atoms with E-state index in [4.69, 9.17) is 17.3 Å². The number of halogens is 1. The van der Waals surface area contributed by atoms with Crippen molar-refractivity contribution in [3.05, 3.63) is 63.9 Å². The van der Waals surface area contributed by atoms with Gasteiger partial charge in [0.05, 0.1) is 0 Å². The van der Waals surface area contributed by atoms with Gasteiger partial charge in [-0.15, -0.1) is 0 Å². The van der Waals surface area contributed by atoms with Crippen LogP contribution in [0.2, 0.25) is 5.02 Å². The lowest BCUT2D eigenvalue weighted by Crippen LogP contribution is -2.15. The lowest BCUT2D eigenvalue weighted by Gasteiger charge is -2.15. The third-order valence-corrected chi connectivity index (χ3v) is 3.45. The van der Waals surface area contributed by atoms with Crippen molar-refractivity contribution in [1.29, 1.82) is 0 Å². The number of aryl methyl sites for hydroxylation is 2. The van der Waals surface area contributed by atoms with Crippen LogP contribution >= 0.6 is 11.6 Å². The van der Waals surface area contributed by atoms with Crippen LogP contribution in [0.1, 0.15) is 28.4 Å². The highest BCUT2D eigenvalue weighted by molar-refractivity contribution is 6.31. The Morgan fingerprint density at radius 3 is 2.72 bits per heavy atom. The molecule has 0 aliphatic rings. The summed E-state index contributed by atoms with van der Waals surface area (Å²) in [5.74, 6) is 0. The van der Waals surface area contributed by atoms with Crippen LogP contribution in [0, 0.1) is 13.8 Å². The van der Waals surface area contributed by atoms with Gasteiger partial charge in [-0.2, -0.15) is 0 Å². The highest BCUT2D eigenvalue weighted by atomic mass is 35.5. The molecular weight excluding hydrogens is 244 g/mol. The average Bonchev–Trinajstić information content (AvgIpc) is 2.33. The number of nitrogens with two attached hydrogens (primary N) is 1. The molecule has 2 N–H and O–H groups in total. The summed E-state index contributed by atoms with van der Waals surface area (Å²) in [5.41, 5.74) is 10.5. The van der Waals surface area contributed by atoms with Crippen LogP contribution in [0.25, 0.3) is 0 Å². The minimum absolute atomic E-state index is 0.0705. The number of hydrogen-bond donors (Lipinski definition) is 1. The third-order valence-electron chi connectivity index (χ3n) is 3.10. The van der Waals surface area contributed by atoms with E-state index in [0.717, 1.165) is 33.8 Å². The van der Waals surface area contributed by atoms with E-state index >= 15 is 0 Å². The molecule has 0 aliphatic heterocycles. The van der Waals surface area contributed by atoms with Crippen molar-refractivity contribution in [3.8, 4) is 0 Å². The zero-order chi connectivity index (χ0) is 13.1. The Balaban J connectivity index is 2.21. The predicted octanol–water partition coefficient (Wildman–Crippen LogP) is 3.59. The van der Waals surface area contributed by atoms with Gasteiger partial charge in [0.2, 0.25) is 0 Å². The molecule has 0 bridgehead atoms. The highest BCUT2D eigenvalue weighted by Gasteiger charge is 2.12. The van der Waals surface area contributed by atoms with Gasteiger partial charge in [-0.25, -0.2) is 0 Å². The first-order valence-electron chi connectivity index (χ1n) is 6.00. The number of pyridine rings is 1. The standard InChI is InChI=1S/C15H17ClN2/c1-10-5-6-12(14(16)8-10)9-15(17)13-4-3-7-18-11(13)2/h3-8,15H,9,17H2,1-2H3. The molecule has 94 valence electrons. The number of hydrogen-bond acceptors (Lipinski definition) is 2. The topological polar surface area (TPSA) is 38.9 Å². The molecule has 3 heteroatoms. The van der Waals surface area contributed by atoms with Gasteiger partial charge < -0.3 is 5.73 Å². The van der Waals surface area contributed by atoms with Crippen molar-refractivity contribution in [2.45, 2.75) is 26.3 Å². The fourth-order valence-corrected chi connectivity index (χ4v) is 2.37. The van der Waals surface area contributed by atoms with Crippen molar-refractivity contribution >= 4 is 11.6 Å². The minimum atomic E-state index is -0.0705. The van der Waals surface area contributed by atoms with Crippen molar-refractivity contribution in [1.82, 2.24) is 4.98 Å². The molecule has 0 aliphatic carbocycles. The zero-order valence-corrected chi connectivity index (χ0v) is 11.4. The van der Waals surface area contributed by atoms with Gasteiger partial charge in [-0.3, -0.25) is 4.98 Å². The molecule has 0 amide bonds. The molecule has 1 heterocycles. The molecule has 2 nitrogen and oxygen atoms in total. The summed E-state index contributed by atoms with van der Waals surface area (Å²) in [6, 6.07) is 9.94. The van der Waals surface area contributed by atoms with Crippen LogP contribution in [0.15, 0.2) is 36.5 Å². The number of aromatic nitrogens is 1. The lowest BCUT2D eigenvalue weighted by atomic mass is 9.98. The van der Waals surface area contributed by atoms with E-state index < -0.39 is 0 Å². The van der Waals surface area contributed by atoms with Gasteiger partial charge in [0.25, 0.3) is 0 Å². The Labute approximate surface area is 113 Å². The molecule has 18 heavy (non-hydrogen) atoms. The van der Waals surface area contributed by atoms with Crippen LogP contribution < -0.4 is 5.73 Å². The lowest BCUT2D eigenvalue weighted by molar-refractivity contribution is 0.711. The molecule has 2 aromatic rings. The fraction of sp³-hybridized carbons (Fsp3) is 0.267. The number of rotatable bonds is 3. The number of benzene rings is 1. The zero-order valence-electron chi connectivity index (χ0n) is 10.7. The summed E-state index contributed by atoms with van der Waals surface area (Å²) in [6.45, 7) is 4.01. The monoisotopic (exact) mass is 260 g/mol. The maximum Gasteiger partial charge on any atom is 0.0441 e. The van der Waals surface area contributed by atoms with Gasteiger partial charge in [-0.1, -0.05) is 29.8 Å². The molecule has 0 saturated heterocycles. The quantitative estimate of drug-likeness (QED) is 0.916. The molecular formula is C15H17ClN2. The van der Waals surface area contributed by atoms with E-state index in [9.17, 15) is 0 Å². The second kappa shape index (κ2) is 5.51. The van der Waals surface area contributed by atoms with Gasteiger partial charge in [0, 0.05) is 23.0 Å². The first-order valence-corrected chi connectivity index (χ1v) is 6.38. The number of nitrogens with zero attached hydrogens (tertiary/aromatic N) is 1. The highest BCUT2D eigenvalue weighted by Crippen LogP contribution is 2.24. The smallest absolute Gasteiger partial charge is 0.0441 e. The van der Waals surface area contributed by atoms with Crippen LogP contribution in [0.3, 0.4) is 0 Å². The second-order valence-corrected chi connectivity index (χ2v) is 4.99. The van der Waals surface area contributed by atoms with Gasteiger partial charge in [-0.05, 0) is 49.1 Å². The van der Waals surface area contributed by atoms with Crippen molar-refractivity contribution in [2.75, 3.05) is 0 Å². The first kappa shape index (κ1) is 13.1. The third kappa shape index (κ3) is 2.89. The molecule has 0 fully saturated rings. The fourth-order valence-electron chi connectivity index (χ4n) is 2.05. The second-order valence-electron chi connectivity index (χ2n) is 4.58. The van der Waals surface area contributed by atoms with Crippen LogP contribution in [-0.4, -0.2) is 4.98 Å². The largest absolute Gasteiger partial charge is 0.324 e. The normalized spacial score (nSPS) is 12.4. The molecule has 0 spiro atoms. The van der Waals surface area contributed by atoms with E-state index in [1.807, 2.05) is 38.1 Å². The first-order chi connectivity index (χ1) is 8.58. The van der Waals surface area contributed by atoms with Gasteiger partial charge >= 0.3 is 0 Å². The Kier molecular flexibility index (Phi) is 4.00. The van der Waals surface area contributed by atoms with Crippen LogP contribution in [0.5, 0.6) is 0 Å². The molecule has 1 unspecified atom stereocenters. The summed E-state index contributed by atoms with van der Waals surface area (Å²) in [7, 11) is 0. The van der Waals surface area contributed by atoms with Crippen molar-refractivity contribution in [3.63, 3.8) is 0 Å².